The van der Waals surface area contributed by atoms with Crippen LogP contribution in [0.1, 0.15) is 27.2 Å². The highest BCUT2D eigenvalue weighted by Gasteiger charge is 2.24. The first kappa shape index (κ1) is 15.9. The van der Waals surface area contributed by atoms with Gasteiger partial charge in [-0.15, -0.1) is 0 Å². The molecule has 1 aromatic rings. The van der Waals surface area contributed by atoms with E-state index < -0.39 is 10.0 Å². The van der Waals surface area contributed by atoms with Crippen molar-refractivity contribution in [3.05, 3.63) is 18.5 Å². The zero-order valence-corrected chi connectivity index (χ0v) is 12.9. The normalized spacial score (nSPS) is 12.1. The highest BCUT2D eigenvalue weighted by Crippen LogP contribution is 2.23. The molecule has 0 radical (unpaired) electrons. The Hall–Kier alpha value is -1.14. The number of rotatable bonds is 7. The molecule has 1 heterocycles. The Balaban J connectivity index is 2.99. The van der Waals surface area contributed by atoms with E-state index in [1.54, 1.807) is 19.3 Å². The fourth-order valence-electron chi connectivity index (χ4n) is 1.65. The quantitative estimate of drug-likeness (QED) is 0.834. The van der Waals surface area contributed by atoms with Crippen LogP contribution in [0.4, 0.5) is 5.69 Å². The van der Waals surface area contributed by atoms with E-state index in [0.29, 0.717) is 24.7 Å². The Morgan fingerprint density at radius 3 is 2.68 bits per heavy atom. The molecule has 0 aliphatic heterocycles. The third kappa shape index (κ3) is 4.18. The summed E-state index contributed by atoms with van der Waals surface area (Å²) in [4.78, 5) is 4.16. The van der Waals surface area contributed by atoms with E-state index in [0.717, 1.165) is 6.42 Å². The van der Waals surface area contributed by atoms with Crippen molar-refractivity contribution in [3.8, 4) is 0 Å². The summed E-state index contributed by atoms with van der Waals surface area (Å²) in [5, 5.41) is 3.06. The van der Waals surface area contributed by atoms with Crippen molar-refractivity contribution in [1.82, 2.24) is 9.29 Å². The van der Waals surface area contributed by atoms with Crippen LogP contribution in [0.2, 0.25) is 0 Å². The molecular weight excluding hydrogens is 262 g/mol. The molecule has 1 N–H and O–H groups in total. The van der Waals surface area contributed by atoms with Crippen LogP contribution in [0.3, 0.4) is 0 Å². The molecule has 0 bridgehead atoms. The molecule has 0 fully saturated rings. The molecule has 0 amide bonds. The van der Waals surface area contributed by atoms with Gasteiger partial charge in [0.2, 0.25) is 10.0 Å². The number of pyridine rings is 1. The lowest BCUT2D eigenvalue weighted by Gasteiger charge is -2.20. The molecule has 0 saturated heterocycles. The van der Waals surface area contributed by atoms with Gasteiger partial charge in [0.1, 0.15) is 4.90 Å². The number of anilines is 1. The fourth-order valence-corrected chi connectivity index (χ4v) is 2.94. The smallest absolute Gasteiger partial charge is 0.246 e. The number of nitrogens with one attached hydrogen (secondary N) is 1. The van der Waals surface area contributed by atoms with Crippen LogP contribution in [0.25, 0.3) is 0 Å². The van der Waals surface area contributed by atoms with Gasteiger partial charge in [-0.25, -0.2) is 12.7 Å². The van der Waals surface area contributed by atoms with Gasteiger partial charge < -0.3 is 5.32 Å². The van der Waals surface area contributed by atoms with Gasteiger partial charge in [0.15, 0.2) is 0 Å². The Labute approximate surface area is 116 Å². The number of aromatic nitrogens is 1. The van der Waals surface area contributed by atoms with Crippen LogP contribution < -0.4 is 5.32 Å². The van der Waals surface area contributed by atoms with Gasteiger partial charge in [-0.3, -0.25) is 4.98 Å². The molecule has 5 nitrogen and oxygen atoms in total. The minimum Gasteiger partial charge on any atom is -0.384 e. The molecule has 108 valence electrons. The SMILES string of the molecule is CCNc1ccncc1S(=O)(=O)N(C)CCC(C)C. The van der Waals surface area contributed by atoms with E-state index in [1.807, 2.05) is 6.92 Å². The van der Waals surface area contributed by atoms with Crippen LogP contribution in [0.5, 0.6) is 0 Å². The number of hydrogen-bond acceptors (Lipinski definition) is 4. The average molecular weight is 285 g/mol. The van der Waals surface area contributed by atoms with E-state index in [1.165, 1.54) is 10.5 Å². The average Bonchev–Trinajstić information content (AvgIpc) is 2.36. The topological polar surface area (TPSA) is 62.3 Å². The second-order valence-electron chi connectivity index (χ2n) is 4.91. The standard InChI is InChI=1S/C13H23N3O2S/c1-5-15-12-6-8-14-10-13(12)19(17,18)16(4)9-7-11(2)3/h6,8,10-11H,5,7,9H2,1-4H3,(H,14,15). The number of sulfonamides is 1. The molecule has 1 aromatic heterocycles. The molecule has 0 saturated carbocycles. The van der Waals surface area contributed by atoms with Crippen molar-refractivity contribution in [1.29, 1.82) is 0 Å². The summed E-state index contributed by atoms with van der Waals surface area (Å²) >= 11 is 0. The van der Waals surface area contributed by atoms with E-state index in [-0.39, 0.29) is 4.90 Å². The largest absolute Gasteiger partial charge is 0.384 e. The molecule has 0 atom stereocenters. The van der Waals surface area contributed by atoms with E-state index in [4.69, 9.17) is 0 Å². The van der Waals surface area contributed by atoms with Crippen molar-refractivity contribution in [2.24, 2.45) is 5.92 Å². The molecule has 6 heteroatoms. The summed E-state index contributed by atoms with van der Waals surface area (Å²) in [6.07, 6.45) is 3.83. The van der Waals surface area contributed by atoms with Crippen molar-refractivity contribution in [2.75, 3.05) is 25.5 Å². The molecular formula is C13H23N3O2S. The van der Waals surface area contributed by atoms with Gasteiger partial charge >= 0.3 is 0 Å². The molecule has 1 rings (SSSR count). The van der Waals surface area contributed by atoms with E-state index in [9.17, 15) is 8.42 Å². The van der Waals surface area contributed by atoms with Gasteiger partial charge in [0, 0.05) is 32.5 Å². The number of nitrogens with zero attached hydrogens (tertiary/aromatic N) is 2. The Kier molecular flexibility index (Phi) is 5.75. The first-order chi connectivity index (χ1) is 8.89. The summed E-state index contributed by atoms with van der Waals surface area (Å²) in [5.41, 5.74) is 0.605. The van der Waals surface area contributed by atoms with Gasteiger partial charge in [-0.1, -0.05) is 13.8 Å². The van der Waals surface area contributed by atoms with Crippen LogP contribution in [0, 0.1) is 5.92 Å². The maximum Gasteiger partial charge on any atom is 0.246 e. The van der Waals surface area contributed by atoms with Crippen LogP contribution >= 0.6 is 0 Å². The van der Waals surface area contributed by atoms with E-state index >= 15 is 0 Å². The summed E-state index contributed by atoms with van der Waals surface area (Å²) in [6, 6.07) is 1.69. The second-order valence-corrected chi connectivity index (χ2v) is 6.92. The van der Waals surface area contributed by atoms with E-state index in [2.05, 4.69) is 24.1 Å². The summed E-state index contributed by atoms with van der Waals surface area (Å²) in [6.45, 7) is 7.27. The Morgan fingerprint density at radius 1 is 1.42 bits per heavy atom. The minimum absolute atomic E-state index is 0.239. The van der Waals surface area contributed by atoms with Gasteiger partial charge in [-0.2, -0.15) is 0 Å². The first-order valence-corrected chi connectivity index (χ1v) is 7.97. The maximum absolute atomic E-state index is 12.5. The predicted octanol–water partition coefficient (Wildman–Crippen LogP) is 2.18. The number of hydrogen-bond donors (Lipinski definition) is 1. The highest BCUT2D eigenvalue weighted by atomic mass is 32.2. The fraction of sp³-hybridized carbons (Fsp3) is 0.615. The Bertz CT molecular complexity index is 500. The summed E-state index contributed by atoms with van der Waals surface area (Å²) in [7, 11) is -1.87. The molecule has 0 spiro atoms. The lowest BCUT2D eigenvalue weighted by molar-refractivity contribution is 0.428. The first-order valence-electron chi connectivity index (χ1n) is 6.53. The Morgan fingerprint density at radius 2 is 2.11 bits per heavy atom. The predicted molar refractivity (Wildman–Crippen MR) is 77.7 cm³/mol. The molecule has 0 unspecified atom stereocenters. The summed E-state index contributed by atoms with van der Waals surface area (Å²) in [5.74, 6) is 0.472. The molecule has 19 heavy (non-hydrogen) atoms. The van der Waals surface area contributed by atoms with Crippen LogP contribution in [0.15, 0.2) is 23.4 Å². The second kappa shape index (κ2) is 6.86. The minimum atomic E-state index is -3.48. The third-order valence-corrected chi connectivity index (χ3v) is 4.75. The lowest BCUT2D eigenvalue weighted by Crippen LogP contribution is -2.29. The highest BCUT2D eigenvalue weighted by molar-refractivity contribution is 7.89. The zero-order valence-electron chi connectivity index (χ0n) is 12.0. The molecule has 0 aromatic carbocycles. The van der Waals surface area contributed by atoms with Crippen LogP contribution in [-0.4, -0.2) is 37.8 Å². The van der Waals surface area contributed by atoms with Crippen molar-refractivity contribution < 1.29 is 8.42 Å². The maximum atomic E-state index is 12.5. The van der Waals surface area contributed by atoms with Crippen molar-refractivity contribution in [3.63, 3.8) is 0 Å². The van der Waals surface area contributed by atoms with Gasteiger partial charge in [0.25, 0.3) is 0 Å². The molecule has 0 aliphatic rings. The monoisotopic (exact) mass is 285 g/mol. The summed E-state index contributed by atoms with van der Waals surface area (Å²) < 4.78 is 26.4. The van der Waals surface area contributed by atoms with Gasteiger partial charge in [-0.05, 0) is 25.3 Å². The molecule has 0 aliphatic carbocycles. The van der Waals surface area contributed by atoms with Crippen molar-refractivity contribution >= 4 is 15.7 Å². The van der Waals surface area contributed by atoms with Crippen molar-refractivity contribution in [2.45, 2.75) is 32.1 Å². The zero-order chi connectivity index (χ0) is 14.5. The third-order valence-electron chi connectivity index (χ3n) is 2.86. The van der Waals surface area contributed by atoms with Crippen LogP contribution in [-0.2, 0) is 10.0 Å². The van der Waals surface area contributed by atoms with Gasteiger partial charge in [0.05, 0.1) is 5.69 Å². The lowest BCUT2D eigenvalue weighted by atomic mass is 10.1.